The molecule has 0 saturated carbocycles. The first-order valence-electron chi connectivity index (χ1n) is 9.03. The molecular formula is C20H25FN2O3S. The number of aliphatic hydroxyl groups is 1. The van der Waals surface area contributed by atoms with E-state index in [0.29, 0.717) is 18.4 Å². The van der Waals surface area contributed by atoms with Crippen LogP contribution in [0.4, 0.5) is 4.39 Å². The Hall–Kier alpha value is -1.80. The molecule has 0 amide bonds. The van der Waals surface area contributed by atoms with Crippen LogP contribution in [-0.2, 0) is 22.9 Å². The van der Waals surface area contributed by atoms with Crippen LogP contribution in [0.1, 0.15) is 18.1 Å². The zero-order valence-electron chi connectivity index (χ0n) is 15.3. The van der Waals surface area contributed by atoms with Crippen LogP contribution in [0.15, 0.2) is 53.4 Å². The van der Waals surface area contributed by atoms with Gasteiger partial charge in [-0.3, -0.25) is 0 Å². The lowest BCUT2D eigenvalue weighted by Crippen LogP contribution is -2.47. The highest BCUT2D eigenvalue weighted by Crippen LogP contribution is 2.29. The van der Waals surface area contributed by atoms with Crippen LogP contribution in [-0.4, -0.2) is 43.1 Å². The van der Waals surface area contributed by atoms with E-state index >= 15 is 0 Å². The molecule has 5 nitrogen and oxygen atoms in total. The molecule has 0 saturated heterocycles. The zero-order valence-corrected chi connectivity index (χ0v) is 16.1. The van der Waals surface area contributed by atoms with Crippen molar-refractivity contribution in [3.05, 3.63) is 65.5 Å². The van der Waals surface area contributed by atoms with Crippen molar-refractivity contribution in [2.24, 2.45) is 11.7 Å². The van der Waals surface area contributed by atoms with Crippen LogP contribution in [0.25, 0.3) is 0 Å². The smallest absolute Gasteiger partial charge is 0.243 e. The number of rotatable bonds is 5. The summed E-state index contributed by atoms with van der Waals surface area (Å²) in [5, 5.41) is 10.5. The van der Waals surface area contributed by atoms with E-state index in [1.54, 1.807) is 0 Å². The van der Waals surface area contributed by atoms with Gasteiger partial charge in [-0.1, -0.05) is 37.3 Å². The van der Waals surface area contributed by atoms with Crippen LogP contribution in [0.2, 0.25) is 0 Å². The highest BCUT2D eigenvalue weighted by atomic mass is 32.2. The van der Waals surface area contributed by atoms with Gasteiger partial charge in [-0.25, -0.2) is 12.8 Å². The molecule has 0 bridgehead atoms. The highest BCUT2D eigenvalue weighted by Gasteiger charge is 2.34. The zero-order chi connectivity index (χ0) is 19.6. The van der Waals surface area contributed by atoms with Crippen molar-refractivity contribution in [2.75, 3.05) is 13.1 Å². The van der Waals surface area contributed by atoms with E-state index < -0.39 is 28.0 Å². The fourth-order valence-corrected chi connectivity index (χ4v) is 5.31. The topological polar surface area (TPSA) is 83.6 Å². The average Bonchev–Trinajstić information content (AvgIpc) is 2.69. The largest absolute Gasteiger partial charge is 0.390 e. The number of β-amino-alcohol motifs (C(OH)–C–C–N with tert-alkyl or cyclic N) is 1. The van der Waals surface area contributed by atoms with Crippen LogP contribution >= 0.6 is 0 Å². The maximum Gasteiger partial charge on any atom is 0.243 e. The molecule has 0 aromatic heterocycles. The molecule has 2 aromatic rings. The third-order valence-corrected chi connectivity index (χ3v) is 6.86. The Morgan fingerprint density at radius 3 is 2.67 bits per heavy atom. The molecule has 3 rings (SSSR count). The summed E-state index contributed by atoms with van der Waals surface area (Å²) >= 11 is 0. The van der Waals surface area contributed by atoms with Gasteiger partial charge in [0.25, 0.3) is 0 Å². The van der Waals surface area contributed by atoms with Crippen molar-refractivity contribution >= 4 is 10.0 Å². The van der Waals surface area contributed by atoms with Gasteiger partial charge in [0.2, 0.25) is 10.0 Å². The molecule has 27 heavy (non-hydrogen) atoms. The number of sulfonamides is 1. The number of nitrogens with two attached hydrogens (primary N) is 1. The van der Waals surface area contributed by atoms with Gasteiger partial charge >= 0.3 is 0 Å². The lowest BCUT2D eigenvalue weighted by molar-refractivity contribution is 0.116. The Morgan fingerprint density at radius 2 is 1.96 bits per heavy atom. The maximum absolute atomic E-state index is 13.6. The van der Waals surface area contributed by atoms with Crippen LogP contribution in [0.3, 0.4) is 0 Å². The lowest BCUT2D eigenvalue weighted by atomic mass is 10.00. The Morgan fingerprint density at radius 1 is 1.26 bits per heavy atom. The molecular weight excluding hydrogens is 367 g/mol. The highest BCUT2D eigenvalue weighted by molar-refractivity contribution is 7.89. The van der Waals surface area contributed by atoms with Crippen molar-refractivity contribution in [1.82, 2.24) is 4.31 Å². The standard InChI is InChI=1S/C20H25FN2O3S/c1-14-9-16-11-17(21)7-8-20(16)27(25,26)23(12-14)13-19(24)18(22)10-15-5-3-2-4-6-15/h2-8,11,14,18-19,24H,9-10,12-13,22H2,1H3/t14-,18-,19+/m0/s1. The minimum Gasteiger partial charge on any atom is -0.390 e. The minimum atomic E-state index is -3.82. The van der Waals surface area contributed by atoms with Gasteiger partial charge in [-0.2, -0.15) is 4.31 Å². The fourth-order valence-electron chi connectivity index (χ4n) is 3.52. The van der Waals surface area contributed by atoms with Crippen molar-refractivity contribution in [1.29, 1.82) is 0 Å². The van der Waals surface area contributed by atoms with Crippen molar-refractivity contribution in [2.45, 2.75) is 36.8 Å². The summed E-state index contributed by atoms with van der Waals surface area (Å²) in [6.07, 6.45) is -0.0865. The van der Waals surface area contributed by atoms with Crippen LogP contribution in [0.5, 0.6) is 0 Å². The fraction of sp³-hybridized carbons (Fsp3) is 0.400. The summed E-state index contributed by atoms with van der Waals surface area (Å²) in [4.78, 5) is 0.108. The average molecular weight is 392 g/mol. The van der Waals surface area contributed by atoms with Gasteiger partial charge in [-0.05, 0) is 48.1 Å². The number of aliphatic hydroxyl groups excluding tert-OH is 1. The normalized spacial score (nSPS) is 21.9. The van der Waals surface area contributed by atoms with Gasteiger partial charge < -0.3 is 10.8 Å². The predicted octanol–water partition coefficient (Wildman–Crippen LogP) is 1.94. The van der Waals surface area contributed by atoms with Gasteiger partial charge in [0, 0.05) is 19.1 Å². The molecule has 2 aromatic carbocycles. The van der Waals surface area contributed by atoms with Gasteiger partial charge in [0.15, 0.2) is 0 Å². The molecule has 7 heteroatoms. The molecule has 0 fully saturated rings. The first-order valence-corrected chi connectivity index (χ1v) is 10.5. The Labute approximate surface area is 159 Å². The van der Waals surface area contributed by atoms with Crippen LogP contribution in [0, 0.1) is 11.7 Å². The van der Waals surface area contributed by atoms with Crippen LogP contribution < -0.4 is 5.73 Å². The third kappa shape index (κ3) is 4.55. The number of benzene rings is 2. The monoisotopic (exact) mass is 392 g/mol. The summed E-state index contributed by atoms with van der Waals surface area (Å²) in [5.74, 6) is -0.449. The van der Waals surface area contributed by atoms with Crippen molar-refractivity contribution in [3.63, 3.8) is 0 Å². The van der Waals surface area contributed by atoms with Crippen molar-refractivity contribution < 1.29 is 17.9 Å². The second-order valence-electron chi connectivity index (χ2n) is 7.30. The van der Waals surface area contributed by atoms with Gasteiger partial charge in [0.05, 0.1) is 11.0 Å². The van der Waals surface area contributed by atoms with Gasteiger partial charge in [0.1, 0.15) is 5.82 Å². The molecule has 0 unspecified atom stereocenters. The number of fused-ring (bicyclic) bond motifs is 1. The molecule has 146 valence electrons. The molecule has 1 aliphatic rings. The summed E-state index contributed by atoms with van der Waals surface area (Å²) in [7, 11) is -3.82. The Bertz CT molecular complexity index is 889. The first kappa shape index (κ1) is 19.9. The third-order valence-electron chi connectivity index (χ3n) is 4.92. The first-order chi connectivity index (χ1) is 12.8. The molecule has 0 radical (unpaired) electrons. The van der Waals surface area contributed by atoms with E-state index in [-0.39, 0.29) is 23.9 Å². The molecule has 1 heterocycles. The quantitative estimate of drug-likeness (QED) is 0.815. The summed E-state index contributed by atoms with van der Waals surface area (Å²) in [6.45, 7) is 2.09. The number of nitrogens with zero attached hydrogens (tertiary/aromatic N) is 1. The minimum absolute atomic E-state index is 0.000345. The van der Waals surface area contributed by atoms with E-state index in [4.69, 9.17) is 5.73 Å². The SMILES string of the molecule is C[C@H]1Cc2cc(F)ccc2S(=O)(=O)N(C[C@@H](O)[C@@H](N)Cc2ccccc2)C1. The molecule has 3 atom stereocenters. The Balaban J connectivity index is 1.79. The number of hydrogen-bond acceptors (Lipinski definition) is 4. The van der Waals surface area contributed by atoms with E-state index in [0.717, 1.165) is 11.6 Å². The van der Waals surface area contributed by atoms with Gasteiger partial charge in [-0.15, -0.1) is 0 Å². The summed E-state index contributed by atoms with van der Waals surface area (Å²) in [6, 6.07) is 12.7. The maximum atomic E-state index is 13.6. The van der Waals surface area contributed by atoms with Crippen molar-refractivity contribution in [3.8, 4) is 0 Å². The number of halogens is 1. The second-order valence-corrected chi connectivity index (χ2v) is 9.21. The number of hydrogen-bond donors (Lipinski definition) is 2. The molecule has 1 aliphatic heterocycles. The molecule has 0 aliphatic carbocycles. The van der Waals surface area contributed by atoms with E-state index in [1.807, 2.05) is 37.3 Å². The second kappa shape index (κ2) is 8.06. The van der Waals surface area contributed by atoms with E-state index in [2.05, 4.69) is 0 Å². The molecule has 3 N–H and O–H groups in total. The summed E-state index contributed by atoms with van der Waals surface area (Å²) < 4.78 is 40.9. The predicted molar refractivity (Wildman–Crippen MR) is 102 cm³/mol. The summed E-state index contributed by atoms with van der Waals surface area (Å²) in [5.41, 5.74) is 7.59. The van der Waals surface area contributed by atoms with E-state index in [9.17, 15) is 17.9 Å². The molecule has 0 spiro atoms. The van der Waals surface area contributed by atoms with E-state index in [1.165, 1.54) is 16.4 Å². The lowest BCUT2D eigenvalue weighted by Gasteiger charge is -2.27. The Kier molecular flexibility index (Phi) is 5.95.